The molecule has 90 heavy (non-hydrogen) atoms. The Balaban J connectivity index is 0.000000250. The van der Waals surface area contributed by atoms with Crippen LogP contribution in [0.1, 0.15) is 142 Å². The average Bonchev–Trinajstić information content (AvgIpc) is 2.43. The summed E-state index contributed by atoms with van der Waals surface area (Å²) in [5.74, 6) is 1.40. The third-order valence-electron chi connectivity index (χ3n) is 15.5. The molecule has 0 aliphatic heterocycles. The Bertz CT molecular complexity index is 3470. The van der Waals surface area contributed by atoms with Crippen molar-refractivity contribution >= 4 is 60.8 Å². The maximum Gasteiger partial charge on any atom is 1.00 e. The van der Waals surface area contributed by atoms with E-state index in [1.165, 1.54) is 67.9 Å². The monoisotopic (exact) mass is 1270 g/mol. The SMILES string of the molecule is CC(C)(C)S(=O)NC(c1ccccc1)c1ccc(F)c(N)c1.Cl.Fc1ccc(C(NCC2CC2)c2ccccc2)cc1NCC1CC1.Nc1cc(C(NCC2CC2)c2ccccc2)ccc1F.Nc1cc([C@H](N)c2ccccc2)ccc1F.O=CC1CC1.[B].[H-].[Na+]. The number of nitrogen functional groups attached to an aromatic ring is 3. The van der Waals surface area contributed by atoms with E-state index in [-0.39, 0.29) is 105 Å². The fourth-order valence-electron chi connectivity index (χ4n) is 9.38. The Labute approximate surface area is 564 Å². The van der Waals surface area contributed by atoms with Crippen LogP contribution in [0, 0.1) is 46.9 Å². The van der Waals surface area contributed by atoms with Crippen LogP contribution in [0.15, 0.2) is 194 Å². The van der Waals surface area contributed by atoms with Crippen LogP contribution >= 0.6 is 12.4 Å². The van der Waals surface area contributed by atoms with Crippen LogP contribution in [0.3, 0.4) is 0 Å². The van der Waals surface area contributed by atoms with Gasteiger partial charge in [0, 0.05) is 20.9 Å². The zero-order chi connectivity index (χ0) is 61.9. The molecule has 4 aliphatic carbocycles. The summed E-state index contributed by atoms with van der Waals surface area (Å²) in [7, 11) is -1.26. The molecule has 8 aromatic carbocycles. The number of anilines is 4. The van der Waals surface area contributed by atoms with Crippen LogP contribution in [0.4, 0.5) is 40.3 Å². The van der Waals surface area contributed by atoms with Gasteiger partial charge in [0.15, 0.2) is 0 Å². The standard InChI is InChI=1S/C21H25FN2.C17H21FN2OS.C17H19FN2.C13H13FN2.C4H6O.B.ClH.Na.H/c22-19-11-10-18(12-20(19)23-13-15-6-7-15)21(24-14-16-8-9-16)17-4-2-1-3-5-17;1-17(2,3)22(21)20-16(12-7-5-4-6-8-12)13-9-10-14(18)15(19)11-13;18-15-9-8-14(10-16(15)19)17(20-11-12-6-7-12)13-4-2-1-3-5-13;14-11-7-6-10(8-12(11)15)13(16)9-4-2-1-3-5-9;5-3-4-1-2-4;;;;/h1-5,10-12,15-16,21,23-24H,6-9,13-14H2;4-11,16,20H,19H2,1-3H3;1-5,8-10,12,17,20H,6-7,11,19H2;1-8,13H,15-16H2;3-4H,1-2H2;;1H;;/q;;;;;;;+1;-1/t;;;13-;;;;;/m...1...../s1. The van der Waals surface area contributed by atoms with Crippen molar-refractivity contribution in [1.29, 1.82) is 0 Å². The molecular weight excluding hydrogens is 1190 g/mol. The van der Waals surface area contributed by atoms with Crippen molar-refractivity contribution in [2.45, 2.75) is 101 Å². The van der Waals surface area contributed by atoms with Crippen LogP contribution in [-0.4, -0.2) is 43.3 Å². The van der Waals surface area contributed by atoms with Gasteiger partial charge in [0.1, 0.15) is 29.6 Å². The molecule has 10 nitrogen and oxygen atoms in total. The van der Waals surface area contributed by atoms with E-state index in [2.05, 4.69) is 57.1 Å². The number of halogens is 5. The summed E-state index contributed by atoms with van der Waals surface area (Å²) in [6.45, 7) is 8.61. The topological polar surface area (TPSA) is 186 Å². The Hall–Kier alpha value is -6.31. The second kappa shape index (κ2) is 36.7. The third-order valence-corrected chi connectivity index (χ3v) is 17.0. The molecule has 4 aliphatic rings. The summed E-state index contributed by atoms with van der Waals surface area (Å²) in [6, 6.07) is 59.2. The second-order valence-corrected chi connectivity index (χ2v) is 26.0. The summed E-state index contributed by atoms with van der Waals surface area (Å²) >= 11 is 0. The van der Waals surface area contributed by atoms with Gasteiger partial charge in [0.25, 0.3) is 0 Å². The van der Waals surface area contributed by atoms with Crippen molar-refractivity contribution < 1.29 is 57.5 Å². The average molecular weight is 1270 g/mol. The number of hydrogen-bond donors (Lipinski definition) is 8. The number of carbonyl (C=O) groups is 1. The van der Waals surface area contributed by atoms with Gasteiger partial charge in [0.2, 0.25) is 0 Å². The Morgan fingerprint density at radius 1 is 0.478 bits per heavy atom. The summed E-state index contributed by atoms with van der Waals surface area (Å²) in [5.41, 5.74) is 32.1. The Kier molecular flexibility index (Phi) is 30.3. The first-order valence-electron chi connectivity index (χ1n) is 30.2. The fourth-order valence-corrected chi connectivity index (χ4v) is 10.2. The molecule has 3 radical (unpaired) electrons. The van der Waals surface area contributed by atoms with Crippen LogP contribution < -0.4 is 73.2 Å². The van der Waals surface area contributed by atoms with E-state index in [1.54, 1.807) is 36.4 Å². The van der Waals surface area contributed by atoms with E-state index in [0.717, 1.165) is 89.9 Å². The predicted octanol–water partition coefficient (Wildman–Crippen LogP) is 12.0. The molecule has 12 rings (SSSR count). The van der Waals surface area contributed by atoms with Gasteiger partial charge >= 0.3 is 29.6 Å². The fraction of sp³-hybridized carbons (Fsp3) is 0.319. The minimum atomic E-state index is -1.26. The van der Waals surface area contributed by atoms with Gasteiger partial charge < -0.3 is 45.1 Å². The molecule has 0 amide bonds. The quantitative estimate of drug-likeness (QED) is 0.0159. The van der Waals surface area contributed by atoms with E-state index in [1.807, 2.05) is 124 Å². The van der Waals surface area contributed by atoms with E-state index >= 15 is 0 Å². The summed E-state index contributed by atoms with van der Waals surface area (Å²) in [4.78, 5) is 9.57. The molecule has 471 valence electrons. The van der Waals surface area contributed by atoms with Crippen molar-refractivity contribution in [3.63, 3.8) is 0 Å². The van der Waals surface area contributed by atoms with E-state index in [0.29, 0.717) is 11.6 Å². The number of nitrogens with two attached hydrogens (primary N) is 4. The van der Waals surface area contributed by atoms with Gasteiger partial charge in [-0.15, -0.1) is 12.4 Å². The number of carbonyl (C=O) groups excluding carboxylic acids is 1. The predicted molar refractivity (Wildman–Crippen MR) is 363 cm³/mol. The first kappa shape index (κ1) is 74.4. The second-order valence-electron chi connectivity index (χ2n) is 24.0. The van der Waals surface area contributed by atoms with Crippen LogP contribution in [0.5, 0.6) is 0 Å². The number of nitrogens with one attached hydrogen (secondary N) is 4. The number of aldehydes is 1. The maximum atomic E-state index is 14.1. The normalized spacial score (nSPS) is 15.5. The molecule has 18 heteroatoms. The van der Waals surface area contributed by atoms with E-state index in [9.17, 15) is 26.6 Å². The molecule has 0 saturated heterocycles. The van der Waals surface area contributed by atoms with Gasteiger partial charge in [-0.3, -0.25) is 0 Å². The smallest absolute Gasteiger partial charge is 1.00 e. The van der Waals surface area contributed by atoms with Gasteiger partial charge in [-0.2, -0.15) is 0 Å². The molecule has 4 saturated carbocycles. The van der Waals surface area contributed by atoms with Crippen molar-refractivity contribution in [3.8, 4) is 0 Å². The van der Waals surface area contributed by atoms with Gasteiger partial charge in [-0.1, -0.05) is 146 Å². The number of hydrogen-bond acceptors (Lipinski definition) is 9. The molecule has 0 aromatic heterocycles. The minimum Gasteiger partial charge on any atom is -1.00 e. The molecule has 4 fully saturated rings. The van der Waals surface area contributed by atoms with Crippen molar-refractivity contribution in [2.24, 2.45) is 29.4 Å². The summed E-state index contributed by atoms with van der Waals surface area (Å²) in [5, 5.41) is 10.6. The van der Waals surface area contributed by atoms with Crippen LogP contribution in [0.25, 0.3) is 0 Å². The zero-order valence-electron chi connectivity index (χ0n) is 53.0. The van der Waals surface area contributed by atoms with Crippen LogP contribution in [0.2, 0.25) is 0 Å². The number of rotatable bonds is 20. The number of benzene rings is 8. The Morgan fingerprint density at radius 2 is 0.811 bits per heavy atom. The molecule has 12 N–H and O–H groups in total. The molecule has 0 bridgehead atoms. The molecule has 4 unspecified atom stereocenters. The largest absolute Gasteiger partial charge is 1.00 e. The zero-order valence-corrected chi connectivity index (χ0v) is 55.6. The van der Waals surface area contributed by atoms with Gasteiger partial charge in [-0.25, -0.2) is 26.5 Å². The molecule has 0 spiro atoms. The third kappa shape index (κ3) is 24.1. The summed E-state index contributed by atoms with van der Waals surface area (Å²) in [6.07, 6.45) is 11.1. The van der Waals surface area contributed by atoms with Gasteiger partial charge in [0.05, 0.1) is 62.6 Å². The van der Waals surface area contributed by atoms with Crippen molar-refractivity contribution in [1.82, 2.24) is 15.4 Å². The maximum absolute atomic E-state index is 14.1. The van der Waals surface area contributed by atoms with Crippen LogP contribution in [-0.2, 0) is 15.8 Å². The Morgan fingerprint density at radius 3 is 1.17 bits per heavy atom. The minimum absolute atomic E-state index is 0. The first-order chi connectivity index (χ1) is 41.9. The first-order valence-corrected chi connectivity index (χ1v) is 31.3. The van der Waals surface area contributed by atoms with Crippen molar-refractivity contribution in [3.05, 3.63) is 262 Å². The summed E-state index contributed by atoms with van der Waals surface area (Å²) < 4.78 is 69.1. The van der Waals surface area contributed by atoms with E-state index < -0.39 is 27.4 Å². The molecule has 0 heterocycles. The molecule has 5 atom stereocenters. The molecular formula is C72H86BClF4N8NaO2S. The van der Waals surface area contributed by atoms with E-state index in [4.69, 9.17) is 22.9 Å². The molecule has 8 aromatic rings. The van der Waals surface area contributed by atoms with Crippen molar-refractivity contribution in [2.75, 3.05) is 42.2 Å². The van der Waals surface area contributed by atoms with Gasteiger partial charge in [-0.05, 0) is 196 Å².